The molecule has 0 radical (unpaired) electrons. The molecule has 2 aliphatic heterocycles. The van der Waals surface area contributed by atoms with Crippen LogP contribution in [0.5, 0.6) is 0 Å². The summed E-state index contributed by atoms with van der Waals surface area (Å²) in [6, 6.07) is 6.40. The van der Waals surface area contributed by atoms with E-state index in [1.807, 2.05) is 18.7 Å². The number of carbonyl (C=O) groups is 1. The second kappa shape index (κ2) is 8.63. The number of benzene rings is 1. The number of hydrogen-bond acceptors (Lipinski definition) is 4. The fourth-order valence-corrected chi connectivity index (χ4v) is 4.45. The second-order valence-corrected chi connectivity index (χ2v) is 7.89. The molecule has 2 fully saturated rings. The minimum absolute atomic E-state index is 0.155. The Kier molecular flexibility index (Phi) is 5.96. The Balaban J connectivity index is 1.61. The van der Waals surface area contributed by atoms with Gasteiger partial charge in [-0.25, -0.2) is 9.07 Å². The molecule has 156 valence electrons. The van der Waals surface area contributed by atoms with Crippen molar-refractivity contribution in [2.75, 3.05) is 33.0 Å². The topological polar surface area (TPSA) is 56.6 Å². The third-order valence-electron chi connectivity index (χ3n) is 6.01. The minimum Gasteiger partial charge on any atom is -0.381 e. The Labute approximate surface area is 170 Å². The summed E-state index contributed by atoms with van der Waals surface area (Å²) >= 11 is 0. The van der Waals surface area contributed by atoms with Crippen LogP contribution < -0.4 is 0 Å². The Bertz CT molecular complexity index is 876. The molecule has 2 saturated heterocycles. The van der Waals surface area contributed by atoms with Crippen LogP contribution in [-0.2, 0) is 14.3 Å². The Morgan fingerprint density at radius 3 is 2.69 bits per heavy atom. The van der Waals surface area contributed by atoms with Crippen molar-refractivity contribution in [1.29, 1.82) is 0 Å². The molecule has 4 rings (SSSR count). The standard InChI is InChI=1S/C22H28FN3O3/c1-15-22(16(2)26(24-15)19-6-4-3-5-18(19)23)20-14-29-12-9-25(20)21(27)13-17-7-10-28-11-8-17/h3-6,17,20H,7-14H2,1-2H3. The predicted molar refractivity (Wildman–Crippen MR) is 106 cm³/mol. The van der Waals surface area contributed by atoms with E-state index < -0.39 is 0 Å². The molecule has 1 amide bonds. The van der Waals surface area contributed by atoms with Crippen LogP contribution in [0, 0.1) is 25.6 Å². The number of amides is 1. The van der Waals surface area contributed by atoms with Gasteiger partial charge in [-0.15, -0.1) is 0 Å². The number of ether oxygens (including phenoxy) is 2. The third-order valence-corrected chi connectivity index (χ3v) is 6.01. The number of para-hydroxylation sites is 1. The molecule has 1 unspecified atom stereocenters. The van der Waals surface area contributed by atoms with Crippen LogP contribution in [-0.4, -0.2) is 53.6 Å². The Hall–Kier alpha value is -2.25. The van der Waals surface area contributed by atoms with Gasteiger partial charge in [-0.2, -0.15) is 5.10 Å². The smallest absolute Gasteiger partial charge is 0.223 e. The lowest BCUT2D eigenvalue weighted by Gasteiger charge is -2.37. The summed E-state index contributed by atoms with van der Waals surface area (Å²) in [6.07, 6.45) is 2.41. The normalized spacial score (nSPS) is 20.8. The van der Waals surface area contributed by atoms with Gasteiger partial charge in [0.25, 0.3) is 0 Å². The molecule has 1 aromatic heterocycles. The van der Waals surface area contributed by atoms with Gasteiger partial charge >= 0.3 is 0 Å². The monoisotopic (exact) mass is 401 g/mol. The van der Waals surface area contributed by atoms with E-state index in [2.05, 4.69) is 5.10 Å². The summed E-state index contributed by atoms with van der Waals surface area (Å²) < 4.78 is 27.1. The zero-order chi connectivity index (χ0) is 20.4. The number of hydrogen-bond donors (Lipinski definition) is 0. The summed E-state index contributed by atoms with van der Waals surface area (Å²) in [5.74, 6) is 0.211. The summed E-state index contributed by atoms with van der Waals surface area (Å²) in [7, 11) is 0. The highest BCUT2D eigenvalue weighted by atomic mass is 19.1. The maximum atomic E-state index is 14.3. The fourth-order valence-electron chi connectivity index (χ4n) is 4.45. The summed E-state index contributed by atoms with van der Waals surface area (Å²) in [6.45, 7) is 6.85. The van der Waals surface area contributed by atoms with Crippen LogP contribution in [0.15, 0.2) is 24.3 Å². The van der Waals surface area contributed by atoms with E-state index in [4.69, 9.17) is 9.47 Å². The van der Waals surface area contributed by atoms with Gasteiger partial charge in [-0.05, 0) is 44.7 Å². The molecule has 1 aromatic carbocycles. The first kappa shape index (κ1) is 20.0. The highest BCUT2D eigenvalue weighted by Gasteiger charge is 2.34. The predicted octanol–water partition coefficient (Wildman–Crippen LogP) is 3.34. The average molecular weight is 401 g/mol. The van der Waals surface area contributed by atoms with Gasteiger partial charge < -0.3 is 14.4 Å². The lowest BCUT2D eigenvalue weighted by molar-refractivity contribution is -0.142. The van der Waals surface area contributed by atoms with Crippen LogP contribution in [0.25, 0.3) is 5.69 Å². The molecular weight excluding hydrogens is 373 g/mol. The van der Waals surface area contributed by atoms with Gasteiger partial charge in [0.2, 0.25) is 5.91 Å². The van der Waals surface area contributed by atoms with Gasteiger partial charge in [0.15, 0.2) is 0 Å². The highest BCUT2D eigenvalue weighted by Crippen LogP contribution is 2.32. The van der Waals surface area contributed by atoms with E-state index in [0.717, 1.165) is 43.0 Å². The third kappa shape index (κ3) is 4.07. The summed E-state index contributed by atoms with van der Waals surface area (Å²) in [4.78, 5) is 15.1. The number of nitrogens with zero attached hydrogens (tertiary/aromatic N) is 3. The molecule has 0 bridgehead atoms. The maximum Gasteiger partial charge on any atom is 0.223 e. The number of morpholine rings is 1. The van der Waals surface area contributed by atoms with E-state index in [-0.39, 0.29) is 17.8 Å². The van der Waals surface area contributed by atoms with Crippen LogP contribution in [0.3, 0.4) is 0 Å². The zero-order valence-electron chi connectivity index (χ0n) is 17.1. The molecule has 1 atom stereocenters. The molecule has 0 N–H and O–H groups in total. The first-order valence-corrected chi connectivity index (χ1v) is 10.3. The second-order valence-electron chi connectivity index (χ2n) is 7.89. The van der Waals surface area contributed by atoms with Gasteiger partial charge in [0.1, 0.15) is 11.5 Å². The molecule has 7 heteroatoms. The van der Waals surface area contributed by atoms with E-state index in [0.29, 0.717) is 37.8 Å². The van der Waals surface area contributed by atoms with Gasteiger partial charge in [-0.3, -0.25) is 4.79 Å². The van der Waals surface area contributed by atoms with Gasteiger partial charge in [0.05, 0.1) is 24.9 Å². The molecule has 0 aliphatic carbocycles. The largest absolute Gasteiger partial charge is 0.381 e. The Morgan fingerprint density at radius 2 is 1.93 bits per heavy atom. The lowest BCUT2D eigenvalue weighted by Crippen LogP contribution is -2.44. The fraction of sp³-hybridized carbons (Fsp3) is 0.545. The van der Waals surface area contributed by atoms with E-state index in [9.17, 15) is 9.18 Å². The lowest BCUT2D eigenvalue weighted by atomic mass is 9.94. The van der Waals surface area contributed by atoms with Crippen molar-refractivity contribution in [3.05, 3.63) is 47.0 Å². The Morgan fingerprint density at radius 1 is 1.17 bits per heavy atom. The van der Waals surface area contributed by atoms with Crippen molar-refractivity contribution in [2.24, 2.45) is 5.92 Å². The van der Waals surface area contributed by atoms with E-state index in [1.165, 1.54) is 6.07 Å². The van der Waals surface area contributed by atoms with Crippen molar-refractivity contribution < 1.29 is 18.7 Å². The van der Waals surface area contributed by atoms with E-state index >= 15 is 0 Å². The number of carbonyl (C=O) groups excluding carboxylic acids is 1. The van der Waals surface area contributed by atoms with Gasteiger partial charge in [-0.1, -0.05) is 12.1 Å². The molecule has 0 saturated carbocycles. The molecule has 2 aromatic rings. The number of aromatic nitrogens is 2. The SMILES string of the molecule is Cc1nn(-c2ccccc2F)c(C)c1C1COCCN1C(=O)CC1CCOCC1. The molecule has 0 spiro atoms. The van der Waals surface area contributed by atoms with Crippen LogP contribution >= 0.6 is 0 Å². The number of rotatable bonds is 4. The molecule has 29 heavy (non-hydrogen) atoms. The molecule has 2 aliphatic rings. The molecule has 3 heterocycles. The average Bonchev–Trinajstić information content (AvgIpc) is 3.03. The van der Waals surface area contributed by atoms with Crippen LogP contribution in [0.4, 0.5) is 4.39 Å². The molecule has 6 nitrogen and oxygen atoms in total. The summed E-state index contributed by atoms with van der Waals surface area (Å²) in [5, 5.41) is 4.59. The van der Waals surface area contributed by atoms with Crippen molar-refractivity contribution in [3.8, 4) is 5.69 Å². The summed E-state index contributed by atoms with van der Waals surface area (Å²) in [5.41, 5.74) is 3.00. The minimum atomic E-state index is -0.322. The first-order chi connectivity index (χ1) is 14.1. The first-order valence-electron chi connectivity index (χ1n) is 10.3. The van der Waals surface area contributed by atoms with Crippen molar-refractivity contribution in [2.45, 2.75) is 39.2 Å². The highest BCUT2D eigenvalue weighted by molar-refractivity contribution is 5.77. The van der Waals surface area contributed by atoms with Crippen molar-refractivity contribution in [1.82, 2.24) is 14.7 Å². The zero-order valence-corrected chi connectivity index (χ0v) is 17.1. The number of halogens is 1. The molecular formula is C22H28FN3O3. The van der Waals surface area contributed by atoms with Crippen molar-refractivity contribution in [3.63, 3.8) is 0 Å². The van der Waals surface area contributed by atoms with Gasteiger partial charge in [0, 0.05) is 37.4 Å². The van der Waals surface area contributed by atoms with Crippen molar-refractivity contribution >= 4 is 5.91 Å². The van der Waals surface area contributed by atoms with Crippen LogP contribution in [0.2, 0.25) is 0 Å². The maximum absolute atomic E-state index is 14.3. The van der Waals surface area contributed by atoms with Crippen LogP contribution in [0.1, 0.15) is 42.3 Å². The quantitative estimate of drug-likeness (QED) is 0.789. The number of aryl methyl sites for hydroxylation is 1. The van der Waals surface area contributed by atoms with E-state index in [1.54, 1.807) is 22.9 Å².